The van der Waals surface area contributed by atoms with Gasteiger partial charge in [-0.2, -0.15) is 0 Å². The van der Waals surface area contributed by atoms with Gasteiger partial charge in [0, 0.05) is 5.56 Å². The van der Waals surface area contributed by atoms with Crippen molar-refractivity contribution in [3.8, 4) is 0 Å². The highest BCUT2D eigenvalue weighted by molar-refractivity contribution is 5.96. The monoisotopic (exact) mass is 262 g/mol. The summed E-state index contributed by atoms with van der Waals surface area (Å²) in [6.07, 6.45) is 1.16. The number of nitrogens with zero attached hydrogens (tertiary/aromatic N) is 3. The predicted molar refractivity (Wildman–Crippen MR) is 64.4 cm³/mol. The summed E-state index contributed by atoms with van der Waals surface area (Å²) >= 11 is 0. The molecular formula is C10H10N6O3. The summed E-state index contributed by atoms with van der Waals surface area (Å²) in [5.74, 6) is -1.19. The topological polar surface area (TPSA) is 151 Å². The molecule has 2 rings (SSSR count). The smallest absolute Gasteiger partial charge is 0.284 e. The van der Waals surface area contributed by atoms with Crippen LogP contribution in [0, 0.1) is 17.9 Å². The Hall–Kier alpha value is -2.84. The number of hydrogen-bond acceptors (Lipinski definition) is 6. The van der Waals surface area contributed by atoms with Gasteiger partial charge in [0.05, 0.1) is 6.54 Å². The zero-order chi connectivity index (χ0) is 14.2. The van der Waals surface area contributed by atoms with Gasteiger partial charge in [-0.1, -0.05) is 0 Å². The van der Waals surface area contributed by atoms with Gasteiger partial charge in [0.25, 0.3) is 11.5 Å². The molecule has 2 aromatic heterocycles. The Morgan fingerprint density at radius 1 is 1.63 bits per heavy atom. The normalized spacial score (nSPS) is 10.6. The molecule has 1 amide bonds. The zero-order valence-corrected chi connectivity index (χ0v) is 9.93. The fourth-order valence-corrected chi connectivity index (χ4v) is 1.70. The highest BCUT2D eigenvalue weighted by atomic mass is 16.4. The molecule has 0 fully saturated rings. The number of furan rings is 1. The van der Waals surface area contributed by atoms with Gasteiger partial charge in [0.2, 0.25) is 5.71 Å². The van der Waals surface area contributed by atoms with Gasteiger partial charge in [-0.25, -0.2) is 10.5 Å². The number of nitrogens with one attached hydrogen (secondary N) is 2. The van der Waals surface area contributed by atoms with E-state index in [4.69, 9.17) is 21.1 Å². The van der Waals surface area contributed by atoms with E-state index < -0.39 is 11.5 Å². The van der Waals surface area contributed by atoms with Crippen LogP contribution < -0.4 is 11.3 Å². The lowest BCUT2D eigenvalue weighted by atomic mass is 10.2. The summed E-state index contributed by atoms with van der Waals surface area (Å²) in [5.41, 5.74) is 11.6. The van der Waals surface area contributed by atoms with Crippen LogP contribution in [0.25, 0.3) is 11.1 Å². The zero-order valence-electron chi connectivity index (χ0n) is 9.93. The summed E-state index contributed by atoms with van der Waals surface area (Å²) in [6, 6.07) is 0. The van der Waals surface area contributed by atoms with Gasteiger partial charge < -0.3 is 10.2 Å². The number of carbonyl (C=O) groups is 1. The van der Waals surface area contributed by atoms with Crippen LogP contribution in [0.4, 0.5) is 0 Å². The first-order valence-electron chi connectivity index (χ1n) is 5.19. The molecule has 0 saturated heterocycles. The summed E-state index contributed by atoms with van der Waals surface area (Å²) < 4.78 is 6.22. The van der Waals surface area contributed by atoms with Crippen LogP contribution in [-0.2, 0) is 6.54 Å². The molecule has 9 heteroatoms. The maximum atomic E-state index is 12.1. The molecule has 0 aliphatic heterocycles. The number of amidine groups is 1. The van der Waals surface area contributed by atoms with Crippen molar-refractivity contribution < 1.29 is 9.21 Å². The van der Waals surface area contributed by atoms with Crippen LogP contribution in [0.2, 0.25) is 0 Å². The second-order valence-corrected chi connectivity index (χ2v) is 3.84. The summed E-state index contributed by atoms with van der Waals surface area (Å²) in [7, 11) is 0. The molecule has 0 atom stereocenters. The SMILES string of the molecule is Cc1c(C(N)=O)oc2ncn(CC(=N)N=N)c(=O)c12. The molecule has 0 aliphatic rings. The van der Waals surface area contributed by atoms with Crippen molar-refractivity contribution in [3.63, 3.8) is 0 Å². The fraction of sp³-hybridized carbons (Fsp3) is 0.200. The maximum absolute atomic E-state index is 12.1. The molecule has 98 valence electrons. The van der Waals surface area contributed by atoms with E-state index in [0.29, 0.717) is 5.56 Å². The van der Waals surface area contributed by atoms with E-state index in [1.54, 1.807) is 0 Å². The highest BCUT2D eigenvalue weighted by Gasteiger charge is 2.19. The number of amides is 1. The number of hydrogen-bond donors (Lipinski definition) is 3. The van der Waals surface area contributed by atoms with Crippen LogP contribution in [0.5, 0.6) is 0 Å². The van der Waals surface area contributed by atoms with Crippen molar-refractivity contribution in [1.82, 2.24) is 9.55 Å². The van der Waals surface area contributed by atoms with Gasteiger partial charge in [0.1, 0.15) is 11.7 Å². The average molecular weight is 262 g/mol. The van der Waals surface area contributed by atoms with Gasteiger partial charge >= 0.3 is 0 Å². The summed E-state index contributed by atoms with van der Waals surface area (Å²) in [6.45, 7) is 1.35. The molecule has 2 heterocycles. The van der Waals surface area contributed by atoms with Crippen LogP contribution in [-0.4, -0.2) is 21.3 Å². The molecule has 0 unspecified atom stereocenters. The van der Waals surface area contributed by atoms with E-state index >= 15 is 0 Å². The second-order valence-electron chi connectivity index (χ2n) is 3.84. The number of nitrogens with two attached hydrogens (primary N) is 1. The number of fused-ring (bicyclic) bond motifs is 1. The van der Waals surface area contributed by atoms with E-state index in [-0.39, 0.29) is 29.2 Å². The predicted octanol–water partition coefficient (Wildman–Crippen LogP) is 0.405. The number of primary amides is 1. The van der Waals surface area contributed by atoms with E-state index in [9.17, 15) is 9.59 Å². The van der Waals surface area contributed by atoms with Gasteiger partial charge in [0.15, 0.2) is 11.6 Å². The quantitative estimate of drug-likeness (QED) is 0.416. The Morgan fingerprint density at radius 3 is 2.89 bits per heavy atom. The molecule has 0 saturated carbocycles. The molecule has 19 heavy (non-hydrogen) atoms. The first-order chi connectivity index (χ1) is 8.95. The molecule has 0 aliphatic carbocycles. The van der Waals surface area contributed by atoms with Gasteiger partial charge in [-0.3, -0.25) is 19.6 Å². The average Bonchev–Trinajstić information content (AvgIpc) is 2.71. The number of rotatable bonds is 3. The van der Waals surface area contributed by atoms with Crippen molar-refractivity contribution in [2.24, 2.45) is 10.8 Å². The maximum Gasteiger partial charge on any atom is 0.284 e. The minimum atomic E-state index is -0.782. The van der Waals surface area contributed by atoms with Crippen molar-refractivity contribution in [2.75, 3.05) is 0 Å². The molecule has 0 spiro atoms. The largest absolute Gasteiger partial charge is 0.432 e. The lowest BCUT2D eigenvalue weighted by molar-refractivity contribution is 0.0975. The third kappa shape index (κ3) is 2.01. The standard InChI is InChI=1S/C10H10N6O3/c1-4-6-9(19-7(4)8(12)17)14-3-16(10(6)18)2-5(11)15-13/h3,11,13H,2H2,1H3,(H2,12,17). The minimum absolute atomic E-state index is 0.0156. The fourth-order valence-electron chi connectivity index (χ4n) is 1.70. The number of aryl methyl sites for hydroxylation is 1. The Labute approximate surface area is 106 Å². The molecular weight excluding hydrogens is 252 g/mol. The molecule has 0 bridgehead atoms. The Bertz CT molecular complexity index is 756. The van der Waals surface area contributed by atoms with Crippen molar-refractivity contribution in [1.29, 1.82) is 10.9 Å². The van der Waals surface area contributed by atoms with Crippen LogP contribution in [0.1, 0.15) is 16.1 Å². The van der Waals surface area contributed by atoms with E-state index in [1.807, 2.05) is 0 Å². The third-order valence-electron chi connectivity index (χ3n) is 2.60. The van der Waals surface area contributed by atoms with Crippen molar-refractivity contribution in [2.45, 2.75) is 13.5 Å². The summed E-state index contributed by atoms with van der Waals surface area (Å²) in [4.78, 5) is 27.2. The van der Waals surface area contributed by atoms with Crippen molar-refractivity contribution >= 4 is 22.8 Å². The lowest BCUT2D eigenvalue weighted by Gasteiger charge is -2.01. The Kier molecular flexibility index (Phi) is 2.95. The second kappa shape index (κ2) is 4.44. The number of aromatic nitrogens is 2. The van der Waals surface area contributed by atoms with E-state index in [0.717, 1.165) is 10.9 Å². The highest BCUT2D eigenvalue weighted by Crippen LogP contribution is 2.19. The lowest BCUT2D eigenvalue weighted by Crippen LogP contribution is -2.23. The Morgan fingerprint density at radius 2 is 2.32 bits per heavy atom. The Balaban J connectivity index is 2.67. The van der Waals surface area contributed by atoms with Crippen LogP contribution in [0.3, 0.4) is 0 Å². The van der Waals surface area contributed by atoms with Gasteiger partial charge in [-0.05, 0) is 6.92 Å². The molecule has 0 radical (unpaired) electrons. The molecule has 0 aromatic carbocycles. The summed E-state index contributed by atoms with van der Waals surface area (Å²) in [5, 5.41) is 10.3. The van der Waals surface area contributed by atoms with E-state index in [1.165, 1.54) is 6.92 Å². The van der Waals surface area contributed by atoms with Gasteiger partial charge in [-0.15, -0.1) is 5.11 Å². The third-order valence-corrected chi connectivity index (χ3v) is 2.60. The molecule has 9 nitrogen and oxygen atoms in total. The molecule has 4 N–H and O–H groups in total. The van der Waals surface area contributed by atoms with E-state index in [2.05, 4.69) is 10.1 Å². The number of carbonyl (C=O) groups excluding carboxylic acids is 1. The van der Waals surface area contributed by atoms with Crippen LogP contribution in [0.15, 0.2) is 20.7 Å². The first-order valence-corrected chi connectivity index (χ1v) is 5.19. The molecule has 2 aromatic rings. The first kappa shape index (κ1) is 12.6. The van der Waals surface area contributed by atoms with Crippen molar-refractivity contribution in [3.05, 3.63) is 28.0 Å². The van der Waals surface area contributed by atoms with Crippen LogP contribution >= 0.6 is 0 Å². The minimum Gasteiger partial charge on any atom is -0.432 e.